The van der Waals surface area contributed by atoms with Crippen molar-refractivity contribution in [2.75, 3.05) is 19.7 Å². The van der Waals surface area contributed by atoms with E-state index in [2.05, 4.69) is 58.7 Å². The Bertz CT molecular complexity index is 420. The Hall–Kier alpha value is -0.610. The first kappa shape index (κ1) is 21.4. The van der Waals surface area contributed by atoms with Crippen LogP contribution in [-0.2, 0) is 9.53 Å². The van der Waals surface area contributed by atoms with E-state index < -0.39 is 5.41 Å². The quantitative estimate of drug-likeness (QED) is 0.730. The molecule has 1 heterocycles. The van der Waals surface area contributed by atoms with Gasteiger partial charge in [-0.3, -0.25) is 9.69 Å². The Morgan fingerprint density at radius 2 is 1.71 bits per heavy atom. The highest BCUT2D eigenvalue weighted by atomic mass is 16.5. The van der Waals surface area contributed by atoms with Crippen LogP contribution in [0.5, 0.6) is 0 Å². The molecule has 1 N–H and O–H groups in total. The SMILES string of the molecule is CCC(C)(OCCC(C)(C)C(=O)NC1CN(C(C)(C)C)C1)C(C)C. The summed E-state index contributed by atoms with van der Waals surface area (Å²) in [6.07, 6.45) is 1.73. The Balaban J connectivity index is 2.41. The minimum Gasteiger partial charge on any atom is -0.375 e. The van der Waals surface area contributed by atoms with E-state index in [1.54, 1.807) is 0 Å². The molecule has 1 aliphatic rings. The fourth-order valence-corrected chi connectivity index (χ4v) is 2.83. The van der Waals surface area contributed by atoms with Gasteiger partial charge in [-0.1, -0.05) is 34.6 Å². The number of likely N-dealkylation sites (tertiary alicyclic amines) is 1. The number of amides is 1. The van der Waals surface area contributed by atoms with Gasteiger partial charge in [0.25, 0.3) is 0 Å². The summed E-state index contributed by atoms with van der Waals surface area (Å²) in [5.41, 5.74) is -0.312. The van der Waals surface area contributed by atoms with Crippen molar-refractivity contribution in [3.63, 3.8) is 0 Å². The van der Waals surface area contributed by atoms with E-state index in [1.807, 2.05) is 13.8 Å². The molecule has 1 unspecified atom stereocenters. The van der Waals surface area contributed by atoms with Gasteiger partial charge in [0.2, 0.25) is 5.91 Å². The molecule has 0 bridgehead atoms. The van der Waals surface area contributed by atoms with Crippen molar-refractivity contribution in [2.24, 2.45) is 11.3 Å². The number of hydrogen-bond donors (Lipinski definition) is 1. The first-order valence-corrected chi connectivity index (χ1v) is 9.52. The van der Waals surface area contributed by atoms with Gasteiger partial charge in [0.05, 0.1) is 11.6 Å². The molecule has 142 valence electrons. The summed E-state index contributed by atoms with van der Waals surface area (Å²) in [6, 6.07) is 0.286. The average Bonchev–Trinajstić information content (AvgIpc) is 2.39. The standard InChI is InChI=1S/C20H40N2O2/c1-10-20(9,15(2)3)24-12-11-19(7,8)17(23)21-16-13-22(14-16)18(4,5)6/h15-16H,10-14H2,1-9H3,(H,21,23). The third kappa shape index (κ3) is 5.45. The second kappa shape index (κ2) is 7.74. The van der Waals surface area contributed by atoms with Gasteiger partial charge in [0.1, 0.15) is 0 Å². The van der Waals surface area contributed by atoms with Gasteiger partial charge in [0.15, 0.2) is 0 Å². The second-order valence-corrected chi connectivity index (χ2v) is 9.55. The van der Waals surface area contributed by atoms with Crippen molar-refractivity contribution in [2.45, 2.75) is 92.3 Å². The third-order valence-corrected chi connectivity index (χ3v) is 5.86. The molecule has 0 aromatic heterocycles. The van der Waals surface area contributed by atoms with Gasteiger partial charge in [-0.25, -0.2) is 0 Å². The summed E-state index contributed by atoms with van der Waals surface area (Å²) < 4.78 is 6.15. The molecule has 1 aliphatic heterocycles. The number of rotatable bonds is 8. The Morgan fingerprint density at radius 1 is 1.17 bits per heavy atom. The molecule has 1 amide bonds. The number of hydrogen-bond acceptors (Lipinski definition) is 3. The number of nitrogens with zero attached hydrogens (tertiary/aromatic N) is 1. The maximum atomic E-state index is 12.6. The minimum absolute atomic E-state index is 0.103. The van der Waals surface area contributed by atoms with E-state index in [9.17, 15) is 4.79 Å². The zero-order valence-electron chi connectivity index (χ0n) is 17.5. The van der Waals surface area contributed by atoms with Crippen LogP contribution in [-0.4, -0.2) is 47.7 Å². The lowest BCUT2D eigenvalue weighted by atomic mass is 9.86. The molecular formula is C20H40N2O2. The van der Waals surface area contributed by atoms with E-state index in [4.69, 9.17) is 4.74 Å². The van der Waals surface area contributed by atoms with Crippen molar-refractivity contribution in [1.82, 2.24) is 10.2 Å². The van der Waals surface area contributed by atoms with Crippen molar-refractivity contribution in [3.8, 4) is 0 Å². The van der Waals surface area contributed by atoms with Crippen LogP contribution in [0.1, 0.15) is 75.2 Å². The molecule has 0 aromatic carbocycles. The van der Waals surface area contributed by atoms with Crippen molar-refractivity contribution in [3.05, 3.63) is 0 Å². The van der Waals surface area contributed by atoms with E-state index in [0.29, 0.717) is 12.5 Å². The largest absolute Gasteiger partial charge is 0.375 e. The molecule has 1 atom stereocenters. The molecule has 0 spiro atoms. The van der Waals surface area contributed by atoms with Gasteiger partial charge >= 0.3 is 0 Å². The van der Waals surface area contributed by atoms with Crippen LogP contribution in [0.2, 0.25) is 0 Å². The van der Waals surface area contributed by atoms with E-state index in [1.165, 1.54) is 0 Å². The molecule has 4 nitrogen and oxygen atoms in total. The zero-order chi connectivity index (χ0) is 18.8. The van der Waals surface area contributed by atoms with Crippen molar-refractivity contribution >= 4 is 5.91 Å². The molecule has 24 heavy (non-hydrogen) atoms. The van der Waals surface area contributed by atoms with Gasteiger partial charge in [-0.05, 0) is 46.5 Å². The number of nitrogens with one attached hydrogen (secondary N) is 1. The second-order valence-electron chi connectivity index (χ2n) is 9.55. The summed E-state index contributed by atoms with van der Waals surface area (Å²) in [6.45, 7) is 21.9. The molecule has 1 fully saturated rings. The molecule has 0 saturated carbocycles. The molecule has 1 rings (SSSR count). The number of carbonyl (C=O) groups excluding carboxylic acids is 1. The number of carbonyl (C=O) groups is 1. The first-order chi connectivity index (χ1) is 10.8. The molecule has 1 saturated heterocycles. The lowest BCUT2D eigenvalue weighted by molar-refractivity contribution is -0.135. The maximum Gasteiger partial charge on any atom is 0.226 e. The lowest BCUT2D eigenvalue weighted by Gasteiger charge is -2.48. The average molecular weight is 341 g/mol. The highest BCUT2D eigenvalue weighted by Crippen LogP contribution is 2.28. The Morgan fingerprint density at radius 3 is 2.12 bits per heavy atom. The van der Waals surface area contributed by atoms with Gasteiger partial charge in [-0.2, -0.15) is 0 Å². The van der Waals surface area contributed by atoms with Crippen LogP contribution in [0, 0.1) is 11.3 Å². The highest BCUT2D eigenvalue weighted by Gasteiger charge is 2.38. The van der Waals surface area contributed by atoms with E-state index in [-0.39, 0.29) is 23.1 Å². The summed E-state index contributed by atoms with van der Waals surface area (Å²) in [4.78, 5) is 15.0. The summed E-state index contributed by atoms with van der Waals surface area (Å²) >= 11 is 0. The predicted octanol–water partition coefficient (Wildman–Crippen LogP) is 3.84. The smallest absolute Gasteiger partial charge is 0.226 e. The predicted molar refractivity (Wildman–Crippen MR) is 101 cm³/mol. The van der Waals surface area contributed by atoms with Crippen LogP contribution in [0.4, 0.5) is 0 Å². The highest BCUT2D eigenvalue weighted by molar-refractivity contribution is 5.82. The molecule has 4 heteroatoms. The zero-order valence-corrected chi connectivity index (χ0v) is 17.5. The van der Waals surface area contributed by atoms with Crippen LogP contribution in [0.25, 0.3) is 0 Å². The first-order valence-electron chi connectivity index (χ1n) is 9.52. The summed E-state index contributed by atoms with van der Waals surface area (Å²) in [5.74, 6) is 0.616. The van der Waals surface area contributed by atoms with Gasteiger partial charge < -0.3 is 10.1 Å². The fraction of sp³-hybridized carbons (Fsp3) is 0.950. The fourth-order valence-electron chi connectivity index (χ4n) is 2.83. The van der Waals surface area contributed by atoms with Crippen LogP contribution >= 0.6 is 0 Å². The minimum atomic E-state index is -0.395. The summed E-state index contributed by atoms with van der Waals surface area (Å²) in [5, 5.41) is 3.21. The summed E-state index contributed by atoms with van der Waals surface area (Å²) in [7, 11) is 0. The Kier molecular flexibility index (Phi) is 6.91. The van der Waals surface area contributed by atoms with Gasteiger partial charge in [0, 0.05) is 30.7 Å². The van der Waals surface area contributed by atoms with Crippen LogP contribution < -0.4 is 5.32 Å². The van der Waals surface area contributed by atoms with Crippen molar-refractivity contribution < 1.29 is 9.53 Å². The van der Waals surface area contributed by atoms with Crippen molar-refractivity contribution in [1.29, 1.82) is 0 Å². The molecular weight excluding hydrogens is 300 g/mol. The topological polar surface area (TPSA) is 41.6 Å². The molecule has 0 aliphatic carbocycles. The maximum absolute atomic E-state index is 12.6. The lowest BCUT2D eigenvalue weighted by Crippen LogP contribution is -2.65. The normalized spacial score (nSPS) is 19.9. The van der Waals surface area contributed by atoms with E-state index >= 15 is 0 Å². The Labute approximate surface area is 149 Å². The molecule has 0 radical (unpaired) electrons. The monoisotopic (exact) mass is 340 g/mol. The molecule has 0 aromatic rings. The van der Waals surface area contributed by atoms with E-state index in [0.717, 1.165) is 25.9 Å². The number of ether oxygens (including phenoxy) is 1. The van der Waals surface area contributed by atoms with Crippen LogP contribution in [0.15, 0.2) is 0 Å². The third-order valence-electron chi connectivity index (χ3n) is 5.86. The van der Waals surface area contributed by atoms with Crippen LogP contribution in [0.3, 0.4) is 0 Å². The van der Waals surface area contributed by atoms with Gasteiger partial charge in [-0.15, -0.1) is 0 Å².